The number of carbonyl (C=O) groups is 1. The lowest BCUT2D eigenvalue weighted by molar-refractivity contribution is 0.0863. The van der Waals surface area contributed by atoms with E-state index in [1.165, 1.54) is 12.8 Å². The first-order valence-electron chi connectivity index (χ1n) is 9.28. The molecule has 1 aliphatic heterocycles. The second-order valence-corrected chi connectivity index (χ2v) is 9.09. The molecule has 0 unspecified atom stereocenters. The lowest BCUT2D eigenvalue weighted by Gasteiger charge is -2.38. The highest BCUT2D eigenvalue weighted by molar-refractivity contribution is 7.83. The first kappa shape index (κ1) is 20.1. The molecule has 0 aliphatic carbocycles. The van der Waals surface area contributed by atoms with Crippen LogP contribution in [0.3, 0.4) is 0 Å². The fourth-order valence-electron chi connectivity index (χ4n) is 3.48. The minimum atomic E-state index is -0.900. The SMILES string of the molecule is CC1CCN([C@H](CNC(=O)c2cccc(C[S@@](C)=O)c2)C(C)C)CC1. The van der Waals surface area contributed by atoms with Crippen molar-refractivity contribution in [1.82, 2.24) is 10.2 Å². The number of nitrogens with one attached hydrogen (secondary N) is 1. The van der Waals surface area contributed by atoms with Crippen LogP contribution in [-0.4, -0.2) is 46.9 Å². The van der Waals surface area contributed by atoms with E-state index in [-0.39, 0.29) is 5.91 Å². The standard InChI is InChI=1S/C20H32N2O2S/c1-15(2)19(22-10-8-16(3)9-11-22)13-21-20(23)18-7-5-6-17(12-18)14-25(4)24/h5-7,12,15-16,19H,8-11,13-14H2,1-4H3,(H,21,23)/t19-,25-/m1/s1. The summed E-state index contributed by atoms with van der Waals surface area (Å²) in [6.45, 7) is 9.70. The monoisotopic (exact) mass is 364 g/mol. The Morgan fingerprint density at radius 2 is 2.00 bits per heavy atom. The maximum Gasteiger partial charge on any atom is 0.251 e. The van der Waals surface area contributed by atoms with Crippen molar-refractivity contribution in [2.45, 2.75) is 45.4 Å². The van der Waals surface area contributed by atoms with Gasteiger partial charge in [-0.2, -0.15) is 0 Å². The van der Waals surface area contributed by atoms with E-state index in [2.05, 4.69) is 31.0 Å². The maximum atomic E-state index is 12.5. The lowest BCUT2D eigenvalue weighted by atomic mass is 9.94. The fraction of sp³-hybridized carbons (Fsp3) is 0.650. The Morgan fingerprint density at radius 1 is 1.32 bits per heavy atom. The second-order valence-electron chi connectivity index (χ2n) is 7.66. The van der Waals surface area contributed by atoms with Gasteiger partial charge in [0.25, 0.3) is 5.91 Å². The van der Waals surface area contributed by atoms with Crippen LogP contribution in [-0.2, 0) is 16.6 Å². The highest BCUT2D eigenvalue weighted by atomic mass is 32.2. The molecule has 0 spiro atoms. The summed E-state index contributed by atoms with van der Waals surface area (Å²) in [5.74, 6) is 1.76. The van der Waals surface area contributed by atoms with E-state index in [1.807, 2.05) is 24.3 Å². The van der Waals surface area contributed by atoms with Gasteiger partial charge in [0.1, 0.15) is 0 Å². The molecule has 1 heterocycles. The van der Waals surface area contributed by atoms with Crippen molar-refractivity contribution < 1.29 is 9.00 Å². The predicted octanol–water partition coefficient (Wildman–Crippen LogP) is 3.05. The zero-order valence-corrected chi connectivity index (χ0v) is 16.8. The number of piperidine rings is 1. The van der Waals surface area contributed by atoms with E-state index < -0.39 is 10.8 Å². The van der Waals surface area contributed by atoms with Crippen LogP contribution in [0, 0.1) is 11.8 Å². The molecular weight excluding hydrogens is 332 g/mol. The molecule has 1 fully saturated rings. The summed E-state index contributed by atoms with van der Waals surface area (Å²) in [4.78, 5) is 15.1. The van der Waals surface area contributed by atoms with Gasteiger partial charge >= 0.3 is 0 Å². The van der Waals surface area contributed by atoms with Crippen LogP contribution in [0.25, 0.3) is 0 Å². The molecule has 2 rings (SSSR count). The van der Waals surface area contributed by atoms with Crippen molar-refractivity contribution in [2.75, 3.05) is 25.9 Å². The summed E-state index contributed by atoms with van der Waals surface area (Å²) >= 11 is 0. The average Bonchev–Trinajstić information content (AvgIpc) is 2.56. The van der Waals surface area contributed by atoms with Gasteiger partial charge in [-0.1, -0.05) is 32.9 Å². The van der Waals surface area contributed by atoms with E-state index in [1.54, 1.807) is 6.26 Å². The van der Waals surface area contributed by atoms with Gasteiger partial charge in [-0.05, 0) is 55.5 Å². The quantitative estimate of drug-likeness (QED) is 0.809. The highest BCUT2D eigenvalue weighted by Gasteiger charge is 2.26. The Kier molecular flexibility index (Phi) is 7.63. The number of carbonyl (C=O) groups excluding carboxylic acids is 1. The molecule has 1 N–H and O–H groups in total. The molecule has 1 aromatic carbocycles. The molecule has 0 saturated carbocycles. The molecule has 4 nitrogen and oxygen atoms in total. The number of hydrogen-bond donors (Lipinski definition) is 1. The van der Waals surface area contributed by atoms with Gasteiger partial charge in [-0.3, -0.25) is 13.9 Å². The number of nitrogens with zero attached hydrogens (tertiary/aromatic N) is 1. The first-order valence-corrected chi connectivity index (χ1v) is 11.0. The summed E-state index contributed by atoms with van der Waals surface area (Å²) in [7, 11) is -0.900. The smallest absolute Gasteiger partial charge is 0.251 e. The number of rotatable bonds is 7. The fourth-order valence-corrected chi connectivity index (χ4v) is 4.13. The number of likely N-dealkylation sites (tertiary alicyclic amines) is 1. The van der Waals surface area contributed by atoms with E-state index >= 15 is 0 Å². The van der Waals surface area contributed by atoms with Crippen LogP contribution >= 0.6 is 0 Å². The minimum absolute atomic E-state index is 0.0419. The van der Waals surface area contributed by atoms with E-state index in [4.69, 9.17) is 0 Å². The molecule has 1 amide bonds. The normalized spacial score (nSPS) is 18.9. The summed E-state index contributed by atoms with van der Waals surface area (Å²) in [5, 5.41) is 3.11. The van der Waals surface area contributed by atoms with Crippen molar-refractivity contribution in [1.29, 1.82) is 0 Å². The van der Waals surface area contributed by atoms with Crippen molar-refractivity contribution in [3.63, 3.8) is 0 Å². The van der Waals surface area contributed by atoms with E-state index in [0.717, 1.165) is 24.6 Å². The molecule has 1 aromatic rings. The second kappa shape index (κ2) is 9.48. The van der Waals surface area contributed by atoms with Gasteiger partial charge in [0, 0.05) is 41.0 Å². The molecule has 0 aromatic heterocycles. The minimum Gasteiger partial charge on any atom is -0.350 e. The Bertz CT molecular complexity index is 595. The first-order chi connectivity index (χ1) is 11.9. The van der Waals surface area contributed by atoms with Gasteiger partial charge in [-0.25, -0.2) is 0 Å². The number of benzene rings is 1. The molecule has 25 heavy (non-hydrogen) atoms. The average molecular weight is 365 g/mol. The van der Waals surface area contributed by atoms with Crippen LogP contribution in [0.15, 0.2) is 24.3 Å². The van der Waals surface area contributed by atoms with Gasteiger partial charge in [0.2, 0.25) is 0 Å². The van der Waals surface area contributed by atoms with Crippen LogP contribution in [0.2, 0.25) is 0 Å². The molecule has 1 saturated heterocycles. The molecular formula is C20H32N2O2S. The van der Waals surface area contributed by atoms with Gasteiger partial charge in [-0.15, -0.1) is 0 Å². The third-order valence-corrected chi connectivity index (χ3v) is 5.83. The van der Waals surface area contributed by atoms with Gasteiger partial charge in [0.05, 0.1) is 0 Å². The highest BCUT2D eigenvalue weighted by Crippen LogP contribution is 2.21. The summed E-state index contributed by atoms with van der Waals surface area (Å²) in [6.07, 6.45) is 4.17. The van der Waals surface area contributed by atoms with Gasteiger partial charge in [0.15, 0.2) is 0 Å². The van der Waals surface area contributed by atoms with Crippen molar-refractivity contribution in [3.05, 3.63) is 35.4 Å². The summed E-state index contributed by atoms with van der Waals surface area (Å²) in [6, 6.07) is 7.84. The topological polar surface area (TPSA) is 49.4 Å². The Labute approximate surface area is 154 Å². The summed E-state index contributed by atoms with van der Waals surface area (Å²) < 4.78 is 11.4. The van der Waals surface area contributed by atoms with Crippen molar-refractivity contribution in [3.8, 4) is 0 Å². The molecule has 0 radical (unpaired) electrons. The zero-order chi connectivity index (χ0) is 18.4. The van der Waals surface area contributed by atoms with E-state index in [0.29, 0.717) is 29.8 Å². The molecule has 5 heteroatoms. The molecule has 140 valence electrons. The third kappa shape index (κ3) is 6.23. The Balaban J connectivity index is 1.95. The van der Waals surface area contributed by atoms with Crippen LogP contribution < -0.4 is 5.32 Å². The lowest BCUT2D eigenvalue weighted by Crippen LogP contribution is -2.49. The third-order valence-electron chi connectivity index (χ3n) is 5.09. The van der Waals surface area contributed by atoms with Crippen LogP contribution in [0.5, 0.6) is 0 Å². The largest absolute Gasteiger partial charge is 0.350 e. The molecule has 1 aliphatic rings. The Hall–Kier alpha value is -1.20. The van der Waals surface area contributed by atoms with E-state index in [9.17, 15) is 9.00 Å². The zero-order valence-electron chi connectivity index (χ0n) is 16.0. The Morgan fingerprint density at radius 3 is 2.60 bits per heavy atom. The maximum absolute atomic E-state index is 12.5. The summed E-state index contributed by atoms with van der Waals surface area (Å²) in [5.41, 5.74) is 1.59. The van der Waals surface area contributed by atoms with Crippen LogP contribution in [0.1, 0.15) is 49.5 Å². The predicted molar refractivity (Wildman–Crippen MR) is 105 cm³/mol. The molecule has 0 bridgehead atoms. The van der Waals surface area contributed by atoms with Gasteiger partial charge < -0.3 is 5.32 Å². The molecule has 2 atom stereocenters. The number of amides is 1. The number of hydrogen-bond acceptors (Lipinski definition) is 3. The van der Waals surface area contributed by atoms with Crippen LogP contribution in [0.4, 0.5) is 0 Å². The van der Waals surface area contributed by atoms with Crippen molar-refractivity contribution >= 4 is 16.7 Å². The van der Waals surface area contributed by atoms with Crippen molar-refractivity contribution in [2.24, 2.45) is 11.8 Å².